The second-order valence-corrected chi connectivity index (χ2v) is 11.6. The first-order chi connectivity index (χ1) is 23.4. The Morgan fingerprint density at radius 3 is 0.917 bits per heavy atom. The number of hydrogen-bond donors (Lipinski definition) is 0. The molecule has 0 bridgehead atoms. The van der Waals surface area contributed by atoms with Crippen molar-refractivity contribution in [1.82, 2.24) is 9.97 Å². The van der Waals surface area contributed by atoms with Crippen LogP contribution in [0.5, 0.6) is 0 Å². The Bertz CT molecular complexity index is 2280. The molecule has 8 rings (SSSR count). The van der Waals surface area contributed by atoms with Gasteiger partial charge >= 0.3 is 0 Å². The van der Waals surface area contributed by atoms with Crippen molar-refractivity contribution in [3.8, 4) is 55.9 Å². The van der Waals surface area contributed by atoms with Gasteiger partial charge in [-0.1, -0.05) is 36.4 Å². The van der Waals surface area contributed by atoms with Gasteiger partial charge in [0, 0.05) is 33.0 Å². The van der Waals surface area contributed by atoms with Crippen molar-refractivity contribution in [2.75, 3.05) is 0 Å². The molecule has 0 N–H and O–H groups in total. The van der Waals surface area contributed by atoms with E-state index in [1.807, 2.05) is 36.4 Å². The molecule has 0 saturated heterocycles. The topological polar surface area (TPSA) is 25.8 Å². The number of pyridine rings is 2. The Morgan fingerprint density at radius 2 is 0.583 bits per heavy atom. The maximum atomic E-state index is 13.8. The van der Waals surface area contributed by atoms with E-state index >= 15 is 0 Å². The average molecular weight is 633 g/mol. The van der Waals surface area contributed by atoms with E-state index in [0.717, 1.165) is 66.3 Å². The van der Waals surface area contributed by atoms with E-state index in [1.54, 1.807) is 48.5 Å². The fraction of sp³-hybridized carbons (Fsp3) is 0. The van der Waals surface area contributed by atoms with Crippen molar-refractivity contribution < 1.29 is 17.6 Å². The number of benzene rings is 6. The van der Waals surface area contributed by atoms with Gasteiger partial charge in [-0.25, -0.2) is 27.5 Å². The monoisotopic (exact) mass is 632 g/mol. The van der Waals surface area contributed by atoms with Gasteiger partial charge in [0.05, 0.1) is 22.4 Å². The van der Waals surface area contributed by atoms with Crippen LogP contribution in [0, 0.1) is 23.3 Å². The van der Waals surface area contributed by atoms with Crippen LogP contribution in [0.2, 0.25) is 0 Å². The summed E-state index contributed by atoms with van der Waals surface area (Å²) in [5, 5.41) is 1.77. The van der Waals surface area contributed by atoms with Crippen LogP contribution in [0.15, 0.2) is 146 Å². The van der Waals surface area contributed by atoms with Gasteiger partial charge in [0.2, 0.25) is 0 Å². The van der Waals surface area contributed by atoms with Crippen molar-refractivity contribution in [3.63, 3.8) is 0 Å². The van der Waals surface area contributed by atoms with E-state index < -0.39 is 0 Å². The van der Waals surface area contributed by atoms with Crippen LogP contribution in [0.1, 0.15) is 0 Å². The maximum Gasteiger partial charge on any atom is 0.123 e. The SMILES string of the molecule is Fc1ccc(-c2cc3cc(-c4ccc5nc(-c6ccc(F)cc6)c(-c6ccc(F)cc6)cc5c4)ccc3nc2-c2ccc(F)cc2)cc1. The Balaban J connectivity index is 1.26. The molecule has 48 heavy (non-hydrogen) atoms. The highest BCUT2D eigenvalue weighted by Gasteiger charge is 2.15. The molecular formula is C42H24F4N2. The largest absolute Gasteiger partial charge is 0.247 e. The zero-order chi connectivity index (χ0) is 32.8. The molecule has 6 heteroatoms. The molecule has 2 nitrogen and oxygen atoms in total. The standard InChI is InChI=1S/C42H24F4N2/c43-33-11-1-25(2-12-33)37-23-31-21-29(9-19-39(31)47-41(37)27-5-15-35(45)16-6-27)30-10-20-40-32(22-30)24-38(26-3-13-34(44)14-4-26)42(48-40)28-7-17-36(46)18-8-28/h1-24H. The number of halogens is 4. The second-order valence-electron chi connectivity index (χ2n) is 11.6. The third-order valence-corrected chi connectivity index (χ3v) is 8.51. The molecular weight excluding hydrogens is 608 g/mol. The van der Waals surface area contributed by atoms with Crippen molar-refractivity contribution in [2.24, 2.45) is 0 Å². The van der Waals surface area contributed by atoms with Crippen LogP contribution in [-0.2, 0) is 0 Å². The molecule has 0 atom stereocenters. The van der Waals surface area contributed by atoms with Gasteiger partial charge < -0.3 is 0 Å². The van der Waals surface area contributed by atoms with Gasteiger partial charge in [0.1, 0.15) is 23.3 Å². The molecule has 0 aliphatic rings. The zero-order valence-corrected chi connectivity index (χ0v) is 25.3. The van der Waals surface area contributed by atoms with Crippen LogP contribution in [-0.4, -0.2) is 9.97 Å². The summed E-state index contributed by atoms with van der Waals surface area (Å²) in [6.07, 6.45) is 0. The first-order valence-corrected chi connectivity index (χ1v) is 15.3. The highest BCUT2D eigenvalue weighted by atomic mass is 19.1. The molecule has 6 aromatic carbocycles. The smallest absolute Gasteiger partial charge is 0.123 e. The van der Waals surface area contributed by atoms with Gasteiger partial charge in [-0.2, -0.15) is 0 Å². The number of rotatable bonds is 5. The highest BCUT2D eigenvalue weighted by Crippen LogP contribution is 2.37. The lowest BCUT2D eigenvalue weighted by atomic mass is 9.94. The lowest BCUT2D eigenvalue weighted by molar-refractivity contribution is 0.627. The van der Waals surface area contributed by atoms with Crippen LogP contribution < -0.4 is 0 Å². The molecule has 0 spiro atoms. The summed E-state index contributed by atoms with van der Waals surface area (Å²) >= 11 is 0. The van der Waals surface area contributed by atoms with Gasteiger partial charge in [-0.05, 0) is 131 Å². The molecule has 0 aliphatic heterocycles. The zero-order valence-electron chi connectivity index (χ0n) is 25.3. The van der Waals surface area contributed by atoms with Crippen LogP contribution in [0.3, 0.4) is 0 Å². The molecule has 0 saturated carbocycles. The third kappa shape index (κ3) is 5.58. The van der Waals surface area contributed by atoms with Gasteiger partial charge in [-0.3, -0.25) is 0 Å². The predicted molar refractivity (Wildman–Crippen MR) is 184 cm³/mol. The van der Waals surface area contributed by atoms with Crippen molar-refractivity contribution >= 4 is 21.8 Å². The van der Waals surface area contributed by atoms with E-state index in [0.29, 0.717) is 11.4 Å². The van der Waals surface area contributed by atoms with E-state index in [-0.39, 0.29) is 23.3 Å². The lowest BCUT2D eigenvalue weighted by Gasteiger charge is -2.14. The lowest BCUT2D eigenvalue weighted by Crippen LogP contribution is -1.93. The third-order valence-electron chi connectivity index (χ3n) is 8.51. The summed E-state index contributed by atoms with van der Waals surface area (Å²) in [5.74, 6) is -1.35. The molecule has 8 aromatic rings. The number of fused-ring (bicyclic) bond motifs is 2. The van der Waals surface area contributed by atoms with E-state index in [2.05, 4.69) is 12.1 Å². The first kappa shape index (κ1) is 29.3. The van der Waals surface area contributed by atoms with Crippen molar-refractivity contribution in [3.05, 3.63) is 169 Å². The Morgan fingerprint density at radius 1 is 0.292 bits per heavy atom. The second kappa shape index (κ2) is 11.9. The molecule has 0 unspecified atom stereocenters. The van der Waals surface area contributed by atoms with E-state index in [9.17, 15) is 17.6 Å². The fourth-order valence-electron chi connectivity index (χ4n) is 6.07. The van der Waals surface area contributed by atoms with Crippen LogP contribution in [0.25, 0.3) is 77.7 Å². The van der Waals surface area contributed by atoms with Gasteiger partial charge in [-0.15, -0.1) is 0 Å². The molecule has 0 fully saturated rings. The summed E-state index contributed by atoms with van der Waals surface area (Å²) in [6, 6.07) is 41.0. The molecule has 0 amide bonds. The number of hydrogen-bond acceptors (Lipinski definition) is 2. The maximum absolute atomic E-state index is 13.8. The summed E-state index contributed by atoms with van der Waals surface area (Å²) in [7, 11) is 0. The highest BCUT2D eigenvalue weighted by molar-refractivity contribution is 5.96. The predicted octanol–water partition coefficient (Wildman–Crippen LogP) is 11.7. The summed E-state index contributed by atoms with van der Waals surface area (Å²) in [5.41, 5.74) is 9.44. The minimum atomic E-state index is -0.338. The molecule has 2 aromatic heterocycles. The van der Waals surface area contributed by atoms with Gasteiger partial charge in [0.25, 0.3) is 0 Å². The van der Waals surface area contributed by atoms with E-state index in [1.165, 1.54) is 48.5 Å². The Labute approximate surface area is 273 Å². The average Bonchev–Trinajstić information content (AvgIpc) is 3.11. The molecule has 2 heterocycles. The Hall–Kier alpha value is -6.14. The number of nitrogens with zero attached hydrogens (tertiary/aromatic N) is 2. The Kier molecular flexibility index (Phi) is 7.26. The molecule has 230 valence electrons. The van der Waals surface area contributed by atoms with E-state index in [4.69, 9.17) is 9.97 Å². The van der Waals surface area contributed by atoms with Crippen LogP contribution >= 0.6 is 0 Å². The quantitative estimate of drug-likeness (QED) is 0.177. The fourth-order valence-corrected chi connectivity index (χ4v) is 6.07. The summed E-state index contributed by atoms with van der Waals surface area (Å²) in [6.45, 7) is 0. The minimum Gasteiger partial charge on any atom is -0.247 e. The van der Waals surface area contributed by atoms with Crippen molar-refractivity contribution in [2.45, 2.75) is 0 Å². The summed E-state index contributed by atoms with van der Waals surface area (Å²) < 4.78 is 55.2. The normalized spacial score (nSPS) is 11.3. The molecule has 0 aliphatic carbocycles. The summed E-state index contributed by atoms with van der Waals surface area (Å²) in [4.78, 5) is 9.96. The van der Waals surface area contributed by atoms with Crippen molar-refractivity contribution in [1.29, 1.82) is 0 Å². The van der Waals surface area contributed by atoms with Gasteiger partial charge in [0.15, 0.2) is 0 Å². The van der Waals surface area contributed by atoms with Crippen LogP contribution in [0.4, 0.5) is 17.6 Å². The minimum absolute atomic E-state index is 0.337. The number of aromatic nitrogens is 2. The molecule has 0 radical (unpaired) electrons. The first-order valence-electron chi connectivity index (χ1n) is 15.3.